The van der Waals surface area contributed by atoms with Crippen LogP contribution in [0.3, 0.4) is 0 Å². The maximum atomic E-state index is 5.30. The van der Waals surface area contributed by atoms with Crippen molar-refractivity contribution in [3.05, 3.63) is 82.9 Å². The van der Waals surface area contributed by atoms with Crippen molar-refractivity contribution in [3.63, 3.8) is 0 Å². The smallest absolute Gasteiger partial charge is 0.233 e. The van der Waals surface area contributed by atoms with Crippen LogP contribution in [0.25, 0.3) is 0 Å². The first-order valence-electron chi connectivity index (χ1n) is 13.0. The molecule has 0 radical (unpaired) electrons. The number of anilines is 6. The molecule has 0 bridgehead atoms. The van der Waals surface area contributed by atoms with Crippen molar-refractivity contribution in [1.82, 2.24) is 15.0 Å². The topological polar surface area (TPSA) is 78.4 Å². The fourth-order valence-electron chi connectivity index (χ4n) is 4.72. The van der Waals surface area contributed by atoms with E-state index in [9.17, 15) is 0 Å². The van der Waals surface area contributed by atoms with Gasteiger partial charge in [-0.2, -0.15) is 15.0 Å². The summed E-state index contributed by atoms with van der Waals surface area (Å²) in [6, 6.07) is 20.8. The molecular weight excluding hydrogens is 474 g/mol. The molecule has 2 N–H and O–H groups in total. The molecule has 4 aromatic rings. The second-order valence-electron chi connectivity index (χ2n) is 9.84. The summed E-state index contributed by atoms with van der Waals surface area (Å²) in [6.45, 7) is 11.7. The number of benzene rings is 3. The zero-order chi connectivity index (χ0) is 26.6. The highest BCUT2D eigenvalue weighted by atomic mass is 16.5. The van der Waals surface area contributed by atoms with Gasteiger partial charge in [0, 0.05) is 43.2 Å². The minimum Gasteiger partial charge on any atom is -0.497 e. The van der Waals surface area contributed by atoms with Gasteiger partial charge in [0.15, 0.2) is 0 Å². The van der Waals surface area contributed by atoms with Gasteiger partial charge >= 0.3 is 0 Å². The first kappa shape index (κ1) is 25.3. The molecule has 1 saturated heterocycles. The molecular formula is C30H35N7O. The molecule has 1 aliphatic heterocycles. The summed E-state index contributed by atoms with van der Waals surface area (Å²) in [5.74, 6) is 2.57. The highest BCUT2D eigenvalue weighted by Crippen LogP contribution is 2.26. The Balaban J connectivity index is 1.40. The molecule has 1 aliphatic rings. The Hall–Kier alpha value is -4.33. The number of ether oxygens (including phenoxy) is 1. The Labute approximate surface area is 224 Å². The van der Waals surface area contributed by atoms with Crippen molar-refractivity contribution in [1.29, 1.82) is 0 Å². The number of piperazine rings is 1. The molecule has 3 aromatic carbocycles. The fraction of sp³-hybridized carbons (Fsp3) is 0.300. The van der Waals surface area contributed by atoms with Gasteiger partial charge in [-0.05, 0) is 75.2 Å². The first-order valence-corrected chi connectivity index (χ1v) is 13.0. The van der Waals surface area contributed by atoms with Crippen molar-refractivity contribution in [2.75, 3.05) is 53.7 Å². The molecule has 0 spiro atoms. The lowest BCUT2D eigenvalue weighted by Crippen LogP contribution is -2.47. The van der Waals surface area contributed by atoms with E-state index in [1.807, 2.05) is 12.1 Å². The third-order valence-corrected chi connectivity index (χ3v) is 6.88. The maximum Gasteiger partial charge on any atom is 0.233 e. The van der Waals surface area contributed by atoms with Crippen LogP contribution in [0.15, 0.2) is 60.7 Å². The Bertz CT molecular complexity index is 1340. The monoisotopic (exact) mass is 509 g/mol. The molecule has 1 aromatic heterocycles. The molecule has 5 rings (SSSR count). The van der Waals surface area contributed by atoms with Gasteiger partial charge < -0.3 is 25.2 Å². The van der Waals surface area contributed by atoms with Crippen molar-refractivity contribution in [2.24, 2.45) is 0 Å². The van der Waals surface area contributed by atoms with Crippen molar-refractivity contribution in [3.8, 4) is 5.75 Å². The Morgan fingerprint density at radius 2 is 1.13 bits per heavy atom. The summed E-state index contributed by atoms with van der Waals surface area (Å²) in [5, 5.41) is 6.85. The third-order valence-electron chi connectivity index (χ3n) is 6.88. The van der Waals surface area contributed by atoms with Crippen LogP contribution in [-0.4, -0.2) is 48.2 Å². The lowest BCUT2D eigenvalue weighted by atomic mass is 10.1. The SMILES string of the molecule is COc1ccc(N2CCN(c3nc(Nc4ccc(C)cc4C)nc(Nc4ccc(C)cc4C)n3)CC2)cc1. The van der Waals surface area contributed by atoms with E-state index >= 15 is 0 Å². The number of nitrogens with one attached hydrogen (secondary N) is 2. The highest BCUT2D eigenvalue weighted by molar-refractivity contribution is 5.64. The van der Waals surface area contributed by atoms with Gasteiger partial charge in [-0.15, -0.1) is 0 Å². The van der Waals surface area contributed by atoms with Gasteiger partial charge in [-0.1, -0.05) is 35.4 Å². The normalized spacial score (nSPS) is 13.4. The number of rotatable bonds is 7. The predicted octanol–water partition coefficient (Wildman–Crippen LogP) is 5.93. The number of aryl methyl sites for hydroxylation is 4. The summed E-state index contributed by atoms with van der Waals surface area (Å²) >= 11 is 0. The minimum atomic E-state index is 0.520. The quantitative estimate of drug-likeness (QED) is 0.318. The molecule has 0 unspecified atom stereocenters. The standard InChI is InChI=1S/C30H35N7O/c1-20-6-12-26(22(3)18-20)31-28-33-29(32-27-13-7-21(2)19-23(27)4)35-30(34-28)37-16-14-36(15-17-37)24-8-10-25(38-5)11-9-24/h6-13,18-19H,14-17H2,1-5H3,(H2,31,32,33,34,35). The molecule has 0 saturated carbocycles. The largest absolute Gasteiger partial charge is 0.497 e. The minimum absolute atomic E-state index is 0.520. The number of hydrogen-bond donors (Lipinski definition) is 2. The van der Waals surface area contributed by atoms with Crippen LogP contribution in [0, 0.1) is 27.7 Å². The van der Waals surface area contributed by atoms with Gasteiger partial charge in [0.25, 0.3) is 0 Å². The van der Waals surface area contributed by atoms with E-state index in [1.54, 1.807) is 7.11 Å². The average molecular weight is 510 g/mol. The van der Waals surface area contributed by atoms with E-state index in [-0.39, 0.29) is 0 Å². The van der Waals surface area contributed by atoms with E-state index in [1.165, 1.54) is 16.8 Å². The van der Waals surface area contributed by atoms with Crippen LogP contribution in [0.2, 0.25) is 0 Å². The fourth-order valence-corrected chi connectivity index (χ4v) is 4.72. The average Bonchev–Trinajstić information content (AvgIpc) is 2.92. The van der Waals surface area contributed by atoms with Crippen LogP contribution in [0.1, 0.15) is 22.3 Å². The Kier molecular flexibility index (Phi) is 7.31. The predicted molar refractivity (Wildman–Crippen MR) is 156 cm³/mol. The molecule has 196 valence electrons. The highest BCUT2D eigenvalue weighted by Gasteiger charge is 2.21. The first-order chi connectivity index (χ1) is 18.4. The second-order valence-corrected chi connectivity index (χ2v) is 9.84. The van der Waals surface area contributed by atoms with Crippen LogP contribution in [0.4, 0.5) is 34.9 Å². The van der Waals surface area contributed by atoms with Crippen LogP contribution < -0.4 is 25.2 Å². The van der Waals surface area contributed by atoms with E-state index in [4.69, 9.17) is 19.7 Å². The van der Waals surface area contributed by atoms with Gasteiger partial charge in [0.05, 0.1) is 7.11 Å². The molecule has 0 amide bonds. The van der Waals surface area contributed by atoms with Gasteiger partial charge in [0.1, 0.15) is 5.75 Å². The van der Waals surface area contributed by atoms with Crippen LogP contribution >= 0.6 is 0 Å². The lowest BCUT2D eigenvalue weighted by Gasteiger charge is -2.36. The molecule has 1 fully saturated rings. The molecule has 2 heterocycles. The van der Waals surface area contributed by atoms with E-state index in [0.717, 1.165) is 54.4 Å². The van der Waals surface area contributed by atoms with Crippen molar-refractivity contribution < 1.29 is 4.74 Å². The van der Waals surface area contributed by atoms with Crippen molar-refractivity contribution in [2.45, 2.75) is 27.7 Å². The molecule has 8 heteroatoms. The Morgan fingerprint density at radius 1 is 0.632 bits per heavy atom. The van der Waals surface area contributed by atoms with Gasteiger partial charge in [0.2, 0.25) is 17.8 Å². The lowest BCUT2D eigenvalue weighted by molar-refractivity contribution is 0.415. The Morgan fingerprint density at radius 3 is 1.61 bits per heavy atom. The van der Waals surface area contributed by atoms with E-state index in [0.29, 0.717) is 17.8 Å². The third kappa shape index (κ3) is 5.80. The second kappa shape index (κ2) is 11.0. The molecule has 0 atom stereocenters. The summed E-state index contributed by atoms with van der Waals surface area (Å²) in [4.78, 5) is 19.0. The van der Waals surface area contributed by atoms with Gasteiger partial charge in [-0.3, -0.25) is 0 Å². The summed E-state index contributed by atoms with van der Waals surface area (Å²) in [7, 11) is 1.69. The zero-order valence-corrected chi connectivity index (χ0v) is 22.7. The molecule has 38 heavy (non-hydrogen) atoms. The number of hydrogen-bond acceptors (Lipinski definition) is 8. The molecule has 8 nitrogen and oxygen atoms in total. The summed E-state index contributed by atoms with van der Waals surface area (Å²) in [6.07, 6.45) is 0. The van der Waals surface area contributed by atoms with Gasteiger partial charge in [-0.25, -0.2) is 0 Å². The number of nitrogens with zero attached hydrogens (tertiary/aromatic N) is 5. The van der Waals surface area contributed by atoms with Crippen LogP contribution in [0.5, 0.6) is 5.75 Å². The maximum absolute atomic E-state index is 5.30. The van der Waals surface area contributed by atoms with Crippen LogP contribution in [-0.2, 0) is 0 Å². The number of methoxy groups -OCH3 is 1. The molecule has 0 aliphatic carbocycles. The van der Waals surface area contributed by atoms with Crippen molar-refractivity contribution >= 4 is 34.9 Å². The van der Waals surface area contributed by atoms with E-state index in [2.05, 4.69) is 96.7 Å². The summed E-state index contributed by atoms with van der Waals surface area (Å²) < 4.78 is 5.30. The van der Waals surface area contributed by atoms with E-state index < -0.39 is 0 Å². The zero-order valence-electron chi connectivity index (χ0n) is 22.7. The number of aromatic nitrogens is 3. The summed E-state index contributed by atoms with van der Waals surface area (Å²) in [5.41, 5.74) is 7.88.